The summed E-state index contributed by atoms with van der Waals surface area (Å²) in [5, 5.41) is 3.07. The molecule has 20 heavy (non-hydrogen) atoms. The monoisotopic (exact) mass is 273 g/mol. The first-order chi connectivity index (χ1) is 9.70. The largest absolute Gasteiger partial charge is 0.374 e. The summed E-state index contributed by atoms with van der Waals surface area (Å²) in [6, 6.07) is 10.9. The minimum atomic E-state index is -0.197. The molecule has 0 amide bonds. The van der Waals surface area contributed by atoms with Crippen LogP contribution in [0.4, 0.5) is 10.1 Å². The maximum atomic E-state index is 13.3. The van der Waals surface area contributed by atoms with Crippen LogP contribution in [0.1, 0.15) is 11.3 Å². The first-order valence-corrected chi connectivity index (χ1v) is 6.75. The predicted molar refractivity (Wildman–Crippen MR) is 80.4 cm³/mol. The molecule has 1 aromatic heterocycles. The summed E-state index contributed by atoms with van der Waals surface area (Å²) in [5.74, 6) is -0.197. The number of likely N-dealkylation sites (N-methyl/N-ethyl adjacent to an activating group) is 1. The fourth-order valence-electron chi connectivity index (χ4n) is 2.21. The molecule has 0 aliphatic carbocycles. The molecule has 0 bridgehead atoms. The van der Waals surface area contributed by atoms with Crippen LogP contribution in [-0.2, 0) is 13.0 Å². The maximum absolute atomic E-state index is 13.3. The molecule has 1 heterocycles. The van der Waals surface area contributed by atoms with Crippen molar-refractivity contribution in [1.82, 2.24) is 10.3 Å². The Morgan fingerprint density at radius 1 is 1.25 bits per heavy atom. The number of benzene rings is 1. The van der Waals surface area contributed by atoms with E-state index in [1.54, 1.807) is 12.3 Å². The van der Waals surface area contributed by atoms with E-state index in [0.717, 1.165) is 29.9 Å². The minimum Gasteiger partial charge on any atom is -0.374 e. The molecule has 2 rings (SSSR count). The van der Waals surface area contributed by atoms with Crippen LogP contribution in [0, 0.1) is 5.82 Å². The summed E-state index contributed by atoms with van der Waals surface area (Å²) >= 11 is 0. The smallest absolute Gasteiger partial charge is 0.123 e. The van der Waals surface area contributed by atoms with Gasteiger partial charge in [-0.05, 0) is 42.9 Å². The molecule has 0 fully saturated rings. The molecule has 0 saturated carbocycles. The summed E-state index contributed by atoms with van der Waals surface area (Å²) in [4.78, 5) is 6.46. The molecule has 106 valence electrons. The number of aromatic nitrogens is 1. The second-order valence-corrected chi connectivity index (χ2v) is 4.80. The second kappa shape index (κ2) is 7.01. The van der Waals surface area contributed by atoms with Gasteiger partial charge in [-0.25, -0.2) is 4.39 Å². The van der Waals surface area contributed by atoms with Gasteiger partial charge in [-0.1, -0.05) is 6.07 Å². The molecule has 4 heteroatoms. The van der Waals surface area contributed by atoms with Gasteiger partial charge in [-0.15, -0.1) is 0 Å². The van der Waals surface area contributed by atoms with E-state index in [4.69, 9.17) is 0 Å². The summed E-state index contributed by atoms with van der Waals surface area (Å²) in [5.41, 5.74) is 3.09. The standard InChI is InChI=1S/C16H20FN3/c1-18-12-13-11-14(17)6-7-16(13)20(2)10-8-15-5-3-4-9-19-15/h3-7,9,11,18H,8,10,12H2,1-2H3. The van der Waals surface area contributed by atoms with Gasteiger partial charge in [0, 0.05) is 44.1 Å². The Hall–Kier alpha value is -1.94. The number of hydrogen-bond acceptors (Lipinski definition) is 3. The number of rotatable bonds is 6. The fraction of sp³-hybridized carbons (Fsp3) is 0.312. The molecule has 0 atom stereocenters. The van der Waals surface area contributed by atoms with Crippen molar-refractivity contribution in [2.75, 3.05) is 25.5 Å². The van der Waals surface area contributed by atoms with Gasteiger partial charge < -0.3 is 10.2 Å². The van der Waals surface area contributed by atoms with Crippen molar-refractivity contribution in [3.8, 4) is 0 Å². The molecular formula is C16H20FN3. The number of hydrogen-bond donors (Lipinski definition) is 1. The van der Waals surface area contributed by atoms with E-state index in [2.05, 4.69) is 15.2 Å². The van der Waals surface area contributed by atoms with Crippen LogP contribution in [0.15, 0.2) is 42.6 Å². The molecule has 1 aromatic carbocycles. The highest BCUT2D eigenvalue weighted by atomic mass is 19.1. The molecule has 0 saturated heterocycles. The van der Waals surface area contributed by atoms with E-state index in [0.29, 0.717) is 6.54 Å². The fourth-order valence-corrected chi connectivity index (χ4v) is 2.21. The molecule has 0 spiro atoms. The maximum Gasteiger partial charge on any atom is 0.123 e. The number of pyridine rings is 1. The Kier molecular flexibility index (Phi) is 5.07. The lowest BCUT2D eigenvalue weighted by Gasteiger charge is -2.22. The Bertz CT molecular complexity index is 543. The number of nitrogens with zero attached hydrogens (tertiary/aromatic N) is 2. The summed E-state index contributed by atoms with van der Waals surface area (Å²) in [6.45, 7) is 1.50. The Labute approximate surface area is 119 Å². The van der Waals surface area contributed by atoms with Crippen molar-refractivity contribution >= 4 is 5.69 Å². The molecule has 0 unspecified atom stereocenters. The minimum absolute atomic E-state index is 0.197. The zero-order valence-corrected chi connectivity index (χ0v) is 11.9. The molecule has 3 nitrogen and oxygen atoms in total. The van der Waals surface area contributed by atoms with Gasteiger partial charge in [0.1, 0.15) is 5.82 Å². The van der Waals surface area contributed by atoms with E-state index in [1.165, 1.54) is 6.07 Å². The molecule has 0 aliphatic rings. The lowest BCUT2D eigenvalue weighted by molar-refractivity contribution is 0.623. The molecular weight excluding hydrogens is 253 g/mol. The topological polar surface area (TPSA) is 28.2 Å². The van der Waals surface area contributed by atoms with Gasteiger partial charge in [0.05, 0.1) is 0 Å². The lowest BCUT2D eigenvalue weighted by Crippen LogP contribution is -2.23. The lowest BCUT2D eigenvalue weighted by atomic mass is 10.1. The van der Waals surface area contributed by atoms with Crippen molar-refractivity contribution in [2.24, 2.45) is 0 Å². The van der Waals surface area contributed by atoms with Crippen molar-refractivity contribution in [3.63, 3.8) is 0 Å². The first-order valence-electron chi connectivity index (χ1n) is 6.75. The zero-order valence-electron chi connectivity index (χ0n) is 11.9. The van der Waals surface area contributed by atoms with Crippen LogP contribution >= 0.6 is 0 Å². The van der Waals surface area contributed by atoms with Crippen molar-refractivity contribution in [1.29, 1.82) is 0 Å². The number of anilines is 1. The van der Waals surface area contributed by atoms with E-state index in [9.17, 15) is 4.39 Å². The Morgan fingerprint density at radius 3 is 2.80 bits per heavy atom. The van der Waals surface area contributed by atoms with Crippen molar-refractivity contribution < 1.29 is 4.39 Å². The highest BCUT2D eigenvalue weighted by Gasteiger charge is 2.08. The third kappa shape index (κ3) is 3.78. The summed E-state index contributed by atoms with van der Waals surface area (Å²) in [6.07, 6.45) is 2.67. The quantitative estimate of drug-likeness (QED) is 0.877. The van der Waals surface area contributed by atoms with Crippen LogP contribution < -0.4 is 10.2 Å². The van der Waals surface area contributed by atoms with Crippen molar-refractivity contribution in [3.05, 3.63) is 59.7 Å². The van der Waals surface area contributed by atoms with Gasteiger partial charge in [-0.3, -0.25) is 4.98 Å². The summed E-state index contributed by atoms with van der Waals surface area (Å²) in [7, 11) is 3.89. The molecule has 1 N–H and O–H groups in total. The normalized spacial score (nSPS) is 10.6. The van der Waals surface area contributed by atoms with Gasteiger partial charge in [0.25, 0.3) is 0 Å². The van der Waals surface area contributed by atoms with E-state index >= 15 is 0 Å². The zero-order chi connectivity index (χ0) is 14.4. The van der Waals surface area contributed by atoms with Crippen LogP contribution in [0.2, 0.25) is 0 Å². The predicted octanol–water partition coefficient (Wildman–Crippen LogP) is 2.62. The average molecular weight is 273 g/mol. The average Bonchev–Trinajstić information content (AvgIpc) is 2.46. The second-order valence-electron chi connectivity index (χ2n) is 4.80. The molecule has 0 radical (unpaired) electrons. The highest BCUT2D eigenvalue weighted by Crippen LogP contribution is 2.20. The van der Waals surface area contributed by atoms with Gasteiger partial charge >= 0.3 is 0 Å². The number of nitrogens with one attached hydrogen (secondary N) is 1. The first kappa shape index (κ1) is 14.5. The Morgan fingerprint density at radius 2 is 2.10 bits per heavy atom. The third-order valence-electron chi connectivity index (χ3n) is 3.25. The molecule has 0 aliphatic heterocycles. The van der Waals surface area contributed by atoms with Gasteiger partial charge in [-0.2, -0.15) is 0 Å². The van der Waals surface area contributed by atoms with E-state index in [-0.39, 0.29) is 5.82 Å². The van der Waals surface area contributed by atoms with Crippen LogP contribution in [0.3, 0.4) is 0 Å². The molecule has 2 aromatic rings. The Balaban J connectivity index is 2.06. The van der Waals surface area contributed by atoms with Crippen LogP contribution in [-0.4, -0.2) is 25.6 Å². The van der Waals surface area contributed by atoms with Crippen LogP contribution in [0.25, 0.3) is 0 Å². The summed E-state index contributed by atoms with van der Waals surface area (Å²) < 4.78 is 13.3. The highest BCUT2D eigenvalue weighted by molar-refractivity contribution is 5.53. The van der Waals surface area contributed by atoms with Crippen molar-refractivity contribution in [2.45, 2.75) is 13.0 Å². The van der Waals surface area contributed by atoms with E-state index < -0.39 is 0 Å². The number of halogens is 1. The van der Waals surface area contributed by atoms with Gasteiger partial charge in [0.15, 0.2) is 0 Å². The SMILES string of the molecule is CNCc1cc(F)ccc1N(C)CCc1ccccn1. The third-order valence-corrected chi connectivity index (χ3v) is 3.25. The van der Waals surface area contributed by atoms with Gasteiger partial charge in [0.2, 0.25) is 0 Å². The van der Waals surface area contributed by atoms with E-state index in [1.807, 2.05) is 38.4 Å². The van der Waals surface area contributed by atoms with Crippen LogP contribution in [0.5, 0.6) is 0 Å².